The summed E-state index contributed by atoms with van der Waals surface area (Å²) in [6, 6.07) is 4.66. The van der Waals surface area contributed by atoms with Crippen LogP contribution < -0.4 is 15.1 Å². The van der Waals surface area contributed by atoms with E-state index in [0.717, 1.165) is 44.3 Å². The molecule has 5 rings (SSSR count). The van der Waals surface area contributed by atoms with Gasteiger partial charge in [-0.15, -0.1) is 0 Å². The van der Waals surface area contributed by atoms with Gasteiger partial charge in [0, 0.05) is 26.2 Å². The van der Waals surface area contributed by atoms with Crippen molar-refractivity contribution >= 4 is 33.2 Å². The van der Waals surface area contributed by atoms with Gasteiger partial charge in [-0.05, 0) is 50.3 Å². The molecule has 10 nitrogen and oxygen atoms in total. The molecule has 1 N–H and O–H groups in total. The van der Waals surface area contributed by atoms with E-state index in [1.165, 1.54) is 9.21 Å². The number of piperidine rings is 1. The lowest BCUT2D eigenvalue weighted by atomic mass is 9.96. The molecule has 3 saturated heterocycles. The van der Waals surface area contributed by atoms with Crippen molar-refractivity contribution in [3.8, 4) is 0 Å². The van der Waals surface area contributed by atoms with Gasteiger partial charge in [0.15, 0.2) is 0 Å². The SMILES string of the molecule is O=C(CN1C(=O)C2CCCCN2c2ccc(S(=O)(=O)N3CCCC3)cc21)NCC1COCCO1. The number of carbonyl (C=O) groups excluding carboxylic acids is 2. The van der Waals surface area contributed by atoms with Crippen LogP contribution in [0.25, 0.3) is 0 Å². The van der Waals surface area contributed by atoms with E-state index in [1.54, 1.807) is 18.2 Å². The van der Waals surface area contributed by atoms with Crippen LogP contribution in [-0.4, -0.2) is 89.2 Å². The molecular formula is C23H32N4O6S. The van der Waals surface area contributed by atoms with Gasteiger partial charge in [-0.1, -0.05) is 0 Å². The van der Waals surface area contributed by atoms with Gasteiger partial charge in [-0.3, -0.25) is 14.5 Å². The van der Waals surface area contributed by atoms with Crippen LogP contribution >= 0.6 is 0 Å². The van der Waals surface area contributed by atoms with Crippen molar-refractivity contribution in [2.45, 2.75) is 49.1 Å². The summed E-state index contributed by atoms with van der Waals surface area (Å²) in [6.45, 7) is 3.33. The topological polar surface area (TPSA) is 108 Å². The lowest BCUT2D eigenvalue weighted by Crippen LogP contribution is -2.57. The van der Waals surface area contributed by atoms with Crippen molar-refractivity contribution in [2.24, 2.45) is 0 Å². The van der Waals surface area contributed by atoms with Crippen molar-refractivity contribution in [1.82, 2.24) is 9.62 Å². The molecule has 0 spiro atoms. The van der Waals surface area contributed by atoms with E-state index >= 15 is 0 Å². The fraction of sp³-hybridized carbons (Fsp3) is 0.652. The minimum absolute atomic E-state index is 0.157. The molecule has 0 bridgehead atoms. The maximum Gasteiger partial charge on any atom is 0.250 e. The number of amides is 2. The first-order chi connectivity index (χ1) is 16.4. The molecule has 4 aliphatic rings. The second-order valence-electron chi connectivity index (χ2n) is 9.26. The van der Waals surface area contributed by atoms with Crippen LogP contribution in [0.15, 0.2) is 23.1 Å². The maximum absolute atomic E-state index is 13.5. The zero-order chi connectivity index (χ0) is 23.7. The van der Waals surface area contributed by atoms with Gasteiger partial charge < -0.3 is 19.7 Å². The number of nitrogens with zero attached hydrogens (tertiary/aromatic N) is 3. The molecule has 2 atom stereocenters. The third-order valence-corrected chi connectivity index (χ3v) is 8.91. The van der Waals surface area contributed by atoms with Crippen LogP contribution in [-0.2, 0) is 29.1 Å². The molecule has 11 heteroatoms. The van der Waals surface area contributed by atoms with Gasteiger partial charge in [0.1, 0.15) is 12.6 Å². The first-order valence-electron chi connectivity index (χ1n) is 12.1. The van der Waals surface area contributed by atoms with E-state index in [4.69, 9.17) is 9.47 Å². The molecule has 4 heterocycles. The highest BCUT2D eigenvalue weighted by Gasteiger charge is 2.41. The Hall–Kier alpha value is -2.21. The number of ether oxygens (including phenoxy) is 2. The number of anilines is 2. The van der Waals surface area contributed by atoms with Crippen molar-refractivity contribution in [1.29, 1.82) is 0 Å². The van der Waals surface area contributed by atoms with E-state index < -0.39 is 10.0 Å². The van der Waals surface area contributed by atoms with Crippen LogP contribution in [0.5, 0.6) is 0 Å². The molecule has 0 saturated carbocycles. The van der Waals surface area contributed by atoms with E-state index in [-0.39, 0.29) is 35.4 Å². The Morgan fingerprint density at radius 1 is 1.06 bits per heavy atom. The Balaban J connectivity index is 1.41. The van der Waals surface area contributed by atoms with Gasteiger partial charge in [0.05, 0.1) is 42.2 Å². The number of carbonyl (C=O) groups is 2. The smallest absolute Gasteiger partial charge is 0.250 e. The summed E-state index contributed by atoms with van der Waals surface area (Å²) >= 11 is 0. The Morgan fingerprint density at radius 3 is 2.62 bits per heavy atom. The maximum atomic E-state index is 13.5. The van der Waals surface area contributed by atoms with Gasteiger partial charge in [-0.2, -0.15) is 4.31 Å². The second kappa shape index (κ2) is 9.80. The van der Waals surface area contributed by atoms with Crippen molar-refractivity contribution in [3.05, 3.63) is 18.2 Å². The highest BCUT2D eigenvalue weighted by atomic mass is 32.2. The third kappa shape index (κ3) is 4.53. The predicted octanol–water partition coefficient (Wildman–Crippen LogP) is 0.708. The van der Waals surface area contributed by atoms with Crippen LogP contribution in [0, 0.1) is 0 Å². The average Bonchev–Trinajstić information content (AvgIpc) is 3.42. The molecular weight excluding hydrogens is 460 g/mol. The quantitative estimate of drug-likeness (QED) is 0.623. The number of hydrogen-bond acceptors (Lipinski definition) is 7. The molecule has 186 valence electrons. The number of nitrogens with one attached hydrogen (secondary N) is 1. The van der Waals surface area contributed by atoms with Crippen LogP contribution in [0.1, 0.15) is 32.1 Å². The molecule has 4 aliphatic heterocycles. The highest BCUT2D eigenvalue weighted by Crippen LogP contribution is 2.41. The molecule has 1 aromatic carbocycles. The minimum Gasteiger partial charge on any atom is -0.376 e. The first-order valence-corrected chi connectivity index (χ1v) is 13.6. The fourth-order valence-electron chi connectivity index (χ4n) is 5.22. The number of rotatable bonds is 6. The summed E-state index contributed by atoms with van der Waals surface area (Å²) < 4.78 is 38.8. The largest absolute Gasteiger partial charge is 0.376 e. The number of fused-ring (bicyclic) bond motifs is 3. The molecule has 0 radical (unpaired) electrons. The van der Waals surface area contributed by atoms with E-state index in [1.807, 2.05) is 0 Å². The zero-order valence-electron chi connectivity index (χ0n) is 19.3. The summed E-state index contributed by atoms with van der Waals surface area (Å²) in [5, 5.41) is 2.83. The van der Waals surface area contributed by atoms with E-state index in [2.05, 4.69) is 10.2 Å². The zero-order valence-corrected chi connectivity index (χ0v) is 20.1. The molecule has 34 heavy (non-hydrogen) atoms. The molecule has 3 fully saturated rings. The summed E-state index contributed by atoms with van der Waals surface area (Å²) in [6.07, 6.45) is 4.12. The Bertz CT molecular complexity index is 1040. The number of sulfonamides is 1. The van der Waals surface area contributed by atoms with Crippen molar-refractivity contribution in [3.63, 3.8) is 0 Å². The predicted molar refractivity (Wildman–Crippen MR) is 125 cm³/mol. The highest BCUT2D eigenvalue weighted by molar-refractivity contribution is 7.89. The minimum atomic E-state index is -3.65. The second-order valence-corrected chi connectivity index (χ2v) is 11.2. The van der Waals surface area contributed by atoms with Gasteiger partial charge in [-0.25, -0.2) is 8.42 Å². The lowest BCUT2D eigenvalue weighted by molar-refractivity contribution is -0.126. The lowest BCUT2D eigenvalue weighted by Gasteiger charge is -2.45. The summed E-state index contributed by atoms with van der Waals surface area (Å²) in [5.41, 5.74) is 1.29. The Morgan fingerprint density at radius 2 is 1.85 bits per heavy atom. The molecule has 1 aromatic rings. The number of benzene rings is 1. The standard InChI is InChI=1S/C23H32N4O6S/c28-22(24-14-17-16-32-11-12-33-17)15-27-21-13-18(34(30,31)25-8-3-4-9-25)6-7-19(21)26-10-2-1-5-20(26)23(27)29/h6-7,13,17,20H,1-5,8-12,14-16H2,(H,24,28). The summed E-state index contributed by atoms with van der Waals surface area (Å²) in [4.78, 5) is 30.0. The third-order valence-electron chi connectivity index (χ3n) is 7.02. The normalized spacial score (nSPS) is 25.7. The first kappa shape index (κ1) is 23.5. The van der Waals surface area contributed by atoms with Crippen LogP contribution in [0.3, 0.4) is 0 Å². The Kier molecular flexibility index (Phi) is 6.79. The summed E-state index contributed by atoms with van der Waals surface area (Å²) in [7, 11) is -3.65. The van der Waals surface area contributed by atoms with Gasteiger partial charge in [0.25, 0.3) is 0 Å². The van der Waals surface area contributed by atoms with E-state index in [9.17, 15) is 18.0 Å². The molecule has 0 aliphatic carbocycles. The summed E-state index contributed by atoms with van der Waals surface area (Å²) in [5.74, 6) is -0.471. The number of hydrogen-bond donors (Lipinski definition) is 1. The molecule has 2 unspecified atom stereocenters. The van der Waals surface area contributed by atoms with Gasteiger partial charge >= 0.3 is 0 Å². The van der Waals surface area contributed by atoms with Crippen LogP contribution in [0.4, 0.5) is 11.4 Å². The average molecular weight is 493 g/mol. The van der Waals surface area contributed by atoms with Crippen molar-refractivity contribution < 1.29 is 27.5 Å². The monoisotopic (exact) mass is 492 g/mol. The molecule has 2 amide bonds. The Labute approximate surface area is 200 Å². The fourth-order valence-corrected chi connectivity index (χ4v) is 6.76. The van der Waals surface area contributed by atoms with Crippen LogP contribution in [0.2, 0.25) is 0 Å². The molecule has 0 aromatic heterocycles. The van der Waals surface area contributed by atoms with Gasteiger partial charge in [0.2, 0.25) is 21.8 Å². The van der Waals surface area contributed by atoms with E-state index in [0.29, 0.717) is 45.1 Å². The van der Waals surface area contributed by atoms with Crippen molar-refractivity contribution in [2.75, 3.05) is 62.3 Å².